The number of aliphatic hydroxyl groups is 1. The molecular weight excluding hydrogens is 320 g/mol. The van der Waals surface area contributed by atoms with Crippen LogP contribution in [0.2, 0.25) is 0 Å². The van der Waals surface area contributed by atoms with Crippen LogP contribution in [-0.2, 0) is 6.54 Å². The van der Waals surface area contributed by atoms with Crippen LogP contribution in [0.5, 0.6) is 0 Å². The van der Waals surface area contributed by atoms with Crippen molar-refractivity contribution in [2.75, 3.05) is 26.2 Å². The van der Waals surface area contributed by atoms with Crippen molar-refractivity contribution in [1.82, 2.24) is 18.5 Å². The number of benzene rings is 1. The summed E-state index contributed by atoms with van der Waals surface area (Å²) in [5, 5.41) is 9.49. The molecule has 5 nitrogen and oxygen atoms in total. The Morgan fingerprint density at radius 2 is 1.96 bits per heavy atom. The largest absolute Gasteiger partial charge is 0.396 e. The minimum atomic E-state index is 0.290. The summed E-state index contributed by atoms with van der Waals surface area (Å²) in [5.74, 6) is 0. The second-order valence-electron chi connectivity index (χ2n) is 7.16. The molecule has 0 unspecified atom stereocenters. The van der Waals surface area contributed by atoms with Gasteiger partial charge in [-0.1, -0.05) is 18.9 Å². The van der Waals surface area contributed by atoms with E-state index in [1.807, 2.05) is 0 Å². The van der Waals surface area contributed by atoms with E-state index in [-0.39, 0.29) is 6.61 Å². The molecule has 0 amide bonds. The molecule has 1 N–H and O–H groups in total. The van der Waals surface area contributed by atoms with Crippen LogP contribution in [0.1, 0.15) is 37.7 Å². The summed E-state index contributed by atoms with van der Waals surface area (Å²) in [6.07, 6.45) is 6.32. The van der Waals surface area contributed by atoms with E-state index in [1.165, 1.54) is 43.0 Å². The zero-order valence-electron chi connectivity index (χ0n) is 14.1. The summed E-state index contributed by atoms with van der Waals surface area (Å²) in [6, 6.07) is 7.67. The van der Waals surface area contributed by atoms with Gasteiger partial charge in [-0.25, -0.2) is 0 Å². The average molecular weight is 347 g/mol. The normalized spacial score (nSPS) is 24.1. The zero-order valence-corrected chi connectivity index (χ0v) is 14.9. The average Bonchev–Trinajstić information content (AvgIpc) is 3.26. The lowest BCUT2D eigenvalue weighted by atomic mass is 10.0. The number of aliphatic hydroxyl groups excluding tert-OH is 1. The van der Waals surface area contributed by atoms with Gasteiger partial charge in [-0.3, -0.25) is 9.80 Å². The highest BCUT2D eigenvalue weighted by Gasteiger charge is 2.32. The molecule has 0 radical (unpaired) electrons. The number of hydrogen-bond acceptors (Lipinski definition) is 6. The summed E-state index contributed by atoms with van der Waals surface area (Å²) < 4.78 is 8.63. The van der Waals surface area contributed by atoms with Crippen LogP contribution in [0.3, 0.4) is 0 Å². The Kier molecular flexibility index (Phi) is 5.08. The van der Waals surface area contributed by atoms with Crippen molar-refractivity contribution in [2.45, 2.75) is 50.7 Å². The smallest absolute Gasteiger partial charge is 0.105 e. The van der Waals surface area contributed by atoms with Crippen LogP contribution in [0, 0.1) is 0 Å². The first-order chi connectivity index (χ1) is 11.8. The molecule has 1 atom stereocenters. The highest BCUT2D eigenvalue weighted by atomic mass is 32.1. The van der Waals surface area contributed by atoms with E-state index in [1.54, 1.807) is 0 Å². The topological polar surface area (TPSA) is 52.5 Å². The maximum atomic E-state index is 9.49. The van der Waals surface area contributed by atoms with Crippen LogP contribution in [0.15, 0.2) is 18.2 Å². The molecule has 1 saturated heterocycles. The van der Waals surface area contributed by atoms with Crippen LogP contribution in [0.4, 0.5) is 0 Å². The predicted octanol–water partition coefficient (Wildman–Crippen LogP) is 2.50. The van der Waals surface area contributed by atoms with Gasteiger partial charge in [0.1, 0.15) is 11.0 Å². The van der Waals surface area contributed by atoms with Gasteiger partial charge in [0, 0.05) is 44.9 Å². The second-order valence-corrected chi connectivity index (χ2v) is 7.69. The maximum absolute atomic E-state index is 9.49. The van der Waals surface area contributed by atoms with E-state index >= 15 is 0 Å². The standard InChI is InChI=1S/C18H26N4OS/c23-10-7-16-13-21(8-9-22(16)15-3-1-2-4-15)12-14-5-6-17-18(11-14)20-24-19-17/h5-6,11,15-16,23H,1-4,7-10,12-13H2/t16-/m1/s1. The lowest BCUT2D eigenvalue weighted by Gasteiger charge is -2.44. The molecule has 6 heteroatoms. The molecule has 1 aliphatic heterocycles. The van der Waals surface area contributed by atoms with Gasteiger partial charge in [0.05, 0.1) is 11.7 Å². The van der Waals surface area contributed by atoms with Crippen molar-refractivity contribution in [1.29, 1.82) is 0 Å². The fourth-order valence-corrected chi connectivity index (χ4v) is 4.90. The van der Waals surface area contributed by atoms with Crippen molar-refractivity contribution in [3.63, 3.8) is 0 Å². The fourth-order valence-electron chi connectivity index (χ4n) is 4.38. The molecule has 2 heterocycles. The lowest BCUT2D eigenvalue weighted by molar-refractivity contribution is 0.0267. The summed E-state index contributed by atoms with van der Waals surface area (Å²) in [7, 11) is 0. The first-order valence-electron chi connectivity index (χ1n) is 9.13. The third-order valence-corrected chi connectivity index (χ3v) is 6.15. The van der Waals surface area contributed by atoms with Crippen LogP contribution < -0.4 is 0 Å². The van der Waals surface area contributed by atoms with Crippen molar-refractivity contribution in [2.24, 2.45) is 0 Å². The van der Waals surface area contributed by atoms with E-state index in [4.69, 9.17) is 0 Å². The highest BCUT2D eigenvalue weighted by Crippen LogP contribution is 2.28. The fraction of sp³-hybridized carbons (Fsp3) is 0.667. The minimum Gasteiger partial charge on any atom is -0.396 e. The van der Waals surface area contributed by atoms with E-state index in [9.17, 15) is 5.11 Å². The molecule has 2 aliphatic rings. The van der Waals surface area contributed by atoms with Crippen molar-refractivity contribution in [3.05, 3.63) is 23.8 Å². The first kappa shape index (κ1) is 16.4. The SMILES string of the molecule is OCC[C@@H]1CN(Cc2ccc3nsnc3c2)CCN1C1CCCC1. The number of nitrogens with zero attached hydrogens (tertiary/aromatic N) is 4. The highest BCUT2D eigenvalue weighted by molar-refractivity contribution is 7.00. The Morgan fingerprint density at radius 3 is 2.79 bits per heavy atom. The number of piperazine rings is 1. The summed E-state index contributed by atoms with van der Waals surface area (Å²) in [6.45, 7) is 4.57. The summed E-state index contributed by atoms with van der Waals surface area (Å²) >= 11 is 1.28. The Bertz CT molecular complexity index is 670. The Labute approximate surface area is 147 Å². The number of aromatic nitrogens is 2. The van der Waals surface area contributed by atoms with Gasteiger partial charge in [0.15, 0.2) is 0 Å². The zero-order chi connectivity index (χ0) is 16.4. The van der Waals surface area contributed by atoms with Gasteiger partial charge in [0.25, 0.3) is 0 Å². The molecule has 1 saturated carbocycles. The van der Waals surface area contributed by atoms with Gasteiger partial charge in [-0.15, -0.1) is 0 Å². The van der Waals surface area contributed by atoms with E-state index < -0.39 is 0 Å². The summed E-state index contributed by atoms with van der Waals surface area (Å²) in [5.41, 5.74) is 3.31. The van der Waals surface area contributed by atoms with Crippen LogP contribution in [-0.4, -0.2) is 62.0 Å². The molecule has 24 heavy (non-hydrogen) atoms. The molecule has 0 bridgehead atoms. The van der Waals surface area contributed by atoms with Gasteiger partial charge in [0.2, 0.25) is 0 Å². The number of fused-ring (bicyclic) bond motifs is 1. The van der Waals surface area contributed by atoms with E-state index in [0.717, 1.165) is 49.7 Å². The van der Waals surface area contributed by atoms with Crippen molar-refractivity contribution >= 4 is 22.8 Å². The molecule has 130 valence electrons. The number of hydrogen-bond donors (Lipinski definition) is 1. The minimum absolute atomic E-state index is 0.290. The molecule has 2 aromatic rings. The molecule has 1 aliphatic carbocycles. The van der Waals surface area contributed by atoms with Crippen molar-refractivity contribution in [3.8, 4) is 0 Å². The molecule has 2 fully saturated rings. The van der Waals surface area contributed by atoms with Gasteiger partial charge in [-0.05, 0) is 37.0 Å². The van der Waals surface area contributed by atoms with E-state index in [0.29, 0.717) is 6.04 Å². The predicted molar refractivity (Wildman–Crippen MR) is 97.1 cm³/mol. The first-order valence-corrected chi connectivity index (χ1v) is 9.86. The Morgan fingerprint density at radius 1 is 1.12 bits per heavy atom. The monoisotopic (exact) mass is 346 g/mol. The third-order valence-electron chi connectivity index (χ3n) is 5.59. The van der Waals surface area contributed by atoms with Crippen LogP contribution in [0.25, 0.3) is 11.0 Å². The molecule has 1 aromatic carbocycles. The van der Waals surface area contributed by atoms with Crippen molar-refractivity contribution < 1.29 is 5.11 Å². The molecule has 1 aromatic heterocycles. The summed E-state index contributed by atoms with van der Waals surface area (Å²) in [4.78, 5) is 5.22. The Balaban J connectivity index is 1.42. The van der Waals surface area contributed by atoms with Gasteiger partial charge >= 0.3 is 0 Å². The van der Waals surface area contributed by atoms with E-state index in [2.05, 4.69) is 36.7 Å². The maximum Gasteiger partial charge on any atom is 0.105 e. The quantitative estimate of drug-likeness (QED) is 0.901. The third kappa shape index (κ3) is 3.47. The van der Waals surface area contributed by atoms with Crippen LogP contribution >= 0.6 is 11.7 Å². The van der Waals surface area contributed by atoms with Gasteiger partial charge < -0.3 is 5.11 Å². The lowest BCUT2D eigenvalue weighted by Crippen LogP contribution is -2.55. The molecule has 4 rings (SSSR count). The second kappa shape index (κ2) is 7.44. The molecule has 0 spiro atoms. The molecular formula is C18H26N4OS. The van der Waals surface area contributed by atoms with Gasteiger partial charge in [-0.2, -0.15) is 8.75 Å². The number of rotatable bonds is 5. The Hall–Kier alpha value is -1.08.